The number of hydrogen-bond donors (Lipinski definition) is 1. The van der Waals surface area contributed by atoms with Crippen LogP contribution in [0.1, 0.15) is 23.0 Å². The Balaban J connectivity index is 2.18. The molecule has 0 spiro atoms. The average Bonchev–Trinajstić information content (AvgIpc) is 3.15. The van der Waals surface area contributed by atoms with Crippen molar-refractivity contribution in [2.75, 3.05) is 19.5 Å². The van der Waals surface area contributed by atoms with Gasteiger partial charge in [-0.25, -0.2) is 4.98 Å². The predicted octanol–water partition coefficient (Wildman–Crippen LogP) is 5.22. The highest BCUT2D eigenvalue weighted by molar-refractivity contribution is 6.31. The minimum absolute atomic E-state index is 0.206. The number of ether oxygens (including phenoxy) is 2. The van der Waals surface area contributed by atoms with Crippen LogP contribution >= 0.6 is 11.6 Å². The number of benzene rings is 2. The number of aryl methyl sites for hydroxylation is 1. The first-order valence-corrected chi connectivity index (χ1v) is 9.44. The van der Waals surface area contributed by atoms with E-state index in [1.807, 2.05) is 0 Å². The second-order valence-electron chi connectivity index (χ2n) is 6.72. The molecule has 1 aromatic heterocycles. The van der Waals surface area contributed by atoms with Crippen LogP contribution in [0.3, 0.4) is 0 Å². The van der Waals surface area contributed by atoms with Crippen LogP contribution in [0.25, 0.3) is 0 Å². The second kappa shape index (κ2) is 8.95. The summed E-state index contributed by atoms with van der Waals surface area (Å²) >= 11 is 5.83. The highest BCUT2D eigenvalue weighted by Crippen LogP contribution is 2.42. The molecule has 12 heteroatoms. The molecular formula is C20H18ClF3N4O4. The first kappa shape index (κ1) is 23.2. The molecule has 0 radical (unpaired) electrons. The van der Waals surface area contributed by atoms with Gasteiger partial charge in [0.1, 0.15) is 29.1 Å². The van der Waals surface area contributed by atoms with E-state index in [0.717, 1.165) is 6.07 Å². The van der Waals surface area contributed by atoms with E-state index in [-0.39, 0.29) is 5.69 Å². The summed E-state index contributed by atoms with van der Waals surface area (Å²) in [5.41, 5.74) is -1.74. The molecule has 0 aliphatic rings. The molecule has 3 rings (SSSR count). The van der Waals surface area contributed by atoms with Gasteiger partial charge in [0, 0.05) is 31.6 Å². The summed E-state index contributed by atoms with van der Waals surface area (Å²) < 4.78 is 51.9. The summed E-state index contributed by atoms with van der Waals surface area (Å²) in [5, 5.41) is 13.8. The Morgan fingerprint density at radius 1 is 1.16 bits per heavy atom. The van der Waals surface area contributed by atoms with E-state index >= 15 is 0 Å². The van der Waals surface area contributed by atoms with Crippen molar-refractivity contribution >= 4 is 23.0 Å². The van der Waals surface area contributed by atoms with E-state index in [1.54, 1.807) is 36.0 Å². The number of nitro benzene ring substituents is 1. The molecule has 8 nitrogen and oxygen atoms in total. The number of aromatic nitrogens is 2. The summed E-state index contributed by atoms with van der Waals surface area (Å²) in [7, 11) is 4.63. The first-order valence-electron chi connectivity index (χ1n) is 9.07. The van der Waals surface area contributed by atoms with Crippen molar-refractivity contribution in [1.82, 2.24) is 9.55 Å². The van der Waals surface area contributed by atoms with E-state index in [1.165, 1.54) is 20.4 Å². The van der Waals surface area contributed by atoms with E-state index in [4.69, 9.17) is 21.1 Å². The predicted molar refractivity (Wildman–Crippen MR) is 111 cm³/mol. The van der Waals surface area contributed by atoms with Gasteiger partial charge in [-0.05, 0) is 23.8 Å². The van der Waals surface area contributed by atoms with Crippen molar-refractivity contribution < 1.29 is 27.6 Å². The fourth-order valence-corrected chi connectivity index (χ4v) is 3.42. The Bertz CT molecular complexity index is 1130. The smallest absolute Gasteiger partial charge is 0.418 e. The number of methoxy groups -OCH3 is 2. The van der Waals surface area contributed by atoms with Crippen molar-refractivity contribution in [1.29, 1.82) is 0 Å². The number of imidazole rings is 1. The lowest BCUT2D eigenvalue weighted by molar-refractivity contribution is -0.384. The molecule has 32 heavy (non-hydrogen) atoms. The standard InChI is InChI=1S/C20H18ClF3N4O4/c1-27-5-4-25-19(27)18(11-6-12(31-2)8-13(7-11)32-3)26-16-10-15(21)14(20(22,23)24)9-17(16)28(29)30/h4-10,18,26H,1-3H3/t18-/m1/s1. The minimum Gasteiger partial charge on any atom is -0.497 e. The van der Waals surface area contributed by atoms with E-state index in [9.17, 15) is 23.3 Å². The van der Waals surface area contributed by atoms with E-state index in [0.29, 0.717) is 29.0 Å². The summed E-state index contributed by atoms with van der Waals surface area (Å²) in [4.78, 5) is 15.0. The van der Waals surface area contributed by atoms with E-state index < -0.39 is 33.4 Å². The number of nitro groups is 1. The summed E-state index contributed by atoms with van der Waals surface area (Å²) in [6, 6.07) is 5.43. The van der Waals surface area contributed by atoms with Gasteiger partial charge in [-0.15, -0.1) is 0 Å². The van der Waals surface area contributed by atoms with Crippen LogP contribution in [-0.2, 0) is 13.2 Å². The number of halogens is 4. The Morgan fingerprint density at radius 2 is 1.78 bits per heavy atom. The number of nitrogens with zero attached hydrogens (tertiary/aromatic N) is 3. The molecule has 0 bridgehead atoms. The van der Waals surface area contributed by atoms with Crippen LogP contribution in [0.4, 0.5) is 24.5 Å². The average molecular weight is 471 g/mol. The number of anilines is 1. The van der Waals surface area contributed by atoms with Crippen LogP contribution in [0.15, 0.2) is 42.7 Å². The summed E-state index contributed by atoms with van der Waals surface area (Å²) in [6.07, 6.45) is -1.66. The number of alkyl halides is 3. The molecule has 1 atom stereocenters. The molecule has 0 aliphatic heterocycles. The van der Waals surface area contributed by atoms with Gasteiger partial charge in [0.2, 0.25) is 0 Å². The Labute approximate surface area is 185 Å². The third kappa shape index (κ3) is 4.72. The molecule has 170 valence electrons. The van der Waals surface area contributed by atoms with Crippen LogP contribution in [0.2, 0.25) is 5.02 Å². The largest absolute Gasteiger partial charge is 0.497 e. The quantitative estimate of drug-likeness (QED) is 0.376. The topological polar surface area (TPSA) is 91.4 Å². The monoisotopic (exact) mass is 470 g/mol. The number of hydrogen-bond acceptors (Lipinski definition) is 6. The van der Waals surface area contributed by atoms with Crippen molar-refractivity contribution in [3.63, 3.8) is 0 Å². The van der Waals surface area contributed by atoms with Crippen molar-refractivity contribution in [2.24, 2.45) is 7.05 Å². The van der Waals surface area contributed by atoms with Gasteiger partial charge < -0.3 is 19.4 Å². The van der Waals surface area contributed by atoms with Gasteiger partial charge in [-0.3, -0.25) is 10.1 Å². The lowest BCUT2D eigenvalue weighted by atomic mass is 10.0. The van der Waals surface area contributed by atoms with Gasteiger partial charge in [-0.1, -0.05) is 11.6 Å². The molecule has 0 saturated heterocycles. The SMILES string of the molecule is COc1cc(OC)cc([C@@H](Nc2cc(Cl)c(C(F)(F)F)cc2[N+](=O)[O-])c2nccn2C)c1. The van der Waals surface area contributed by atoms with E-state index in [2.05, 4.69) is 10.3 Å². The summed E-state index contributed by atoms with van der Waals surface area (Å²) in [5.74, 6) is 1.33. The molecule has 0 saturated carbocycles. The second-order valence-corrected chi connectivity index (χ2v) is 7.13. The summed E-state index contributed by atoms with van der Waals surface area (Å²) in [6.45, 7) is 0. The Morgan fingerprint density at radius 3 is 2.25 bits per heavy atom. The van der Waals surface area contributed by atoms with Gasteiger partial charge in [0.05, 0.1) is 29.7 Å². The highest BCUT2D eigenvalue weighted by atomic mass is 35.5. The lowest BCUT2D eigenvalue weighted by Gasteiger charge is -2.22. The zero-order chi connectivity index (χ0) is 23.6. The van der Waals surface area contributed by atoms with Gasteiger partial charge in [-0.2, -0.15) is 13.2 Å². The fourth-order valence-electron chi connectivity index (χ4n) is 3.15. The normalized spacial score (nSPS) is 12.3. The molecule has 0 unspecified atom stereocenters. The Kier molecular flexibility index (Phi) is 6.49. The zero-order valence-electron chi connectivity index (χ0n) is 17.1. The molecular weight excluding hydrogens is 453 g/mol. The zero-order valence-corrected chi connectivity index (χ0v) is 17.9. The number of nitrogens with one attached hydrogen (secondary N) is 1. The third-order valence-electron chi connectivity index (χ3n) is 4.71. The van der Waals surface area contributed by atoms with Crippen LogP contribution in [0.5, 0.6) is 11.5 Å². The van der Waals surface area contributed by atoms with Crippen molar-refractivity contribution in [3.8, 4) is 11.5 Å². The maximum Gasteiger partial charge on any atom is 0.418 e. The van der Waals surface area contributed by atoms with Gasteiger partial charge in [0.15, 0.2) is 0 Å². The molecule has 1 heterocycles. The third-order valence-corrected chi connectivity index (χ3v) is 5.02. The Hall–Kier alpha value is -3.47. The molecule has 0 aliphatic carbocycles. The van der Waals surface area contributed by atoms with Crippen molar-refractivity contribution in [2.45, 2.75) is 12.2 Å². The molecule has 2 aromatic carbocycles. The van der Waals surface area contributed by atoms with Gasteiger partial charge in [0.25, 0.3) is 5.69 Å². The van der Waals surface area contributed by atoms with Crippen LogP contribution < -0.4 is 14.8 Å². The maximum atomic E-state index is 13.2. The first-order chi connectivity index (χ1) is 15.0. The van der Waals surface area contributed by atoms with Crippen LogP contribution in [0, 0.1) is 10.1 Å². The number of rotatable bonds is 7. The van der Waals surface area contributed by atoms with Crippen LogP contribution in [-0.4, -0.2) is 28.7 Å². The lowest BCUT2D eigenvalue weighted by Crippen LogP contribution is -2.18. The molecule has 0 fully saturated rings. The molecule has 1 N–H and O–H groups in total. The minimum atomic E-state index is -4.85. The molecule has 3 aromatic rings. The maximum absolute atomic E-state index is 13.2. The molecule has 0 amide bonds. The van der Waals surface area contributed by atoms with Gasteiger partial charge >= 0.3 is 6.18 Å². The fraction of sp³-hybridized carbons (Fsp3) is 0.250. The highest BCUT2D eigenvalue weighted by Gasteiger charge is 2.36. The van der Waals surface area contributed by atoms with Crippen molar-refractivity contribution in [3.05, 3.63) is 74.8 Å².